The van der Waals surface area contributed by atoms with Gasteiger partial charge in [-0.2, -0.15) is 5.26 Å². The quantitative estimate of drug-likeness (QED) is 0.851. The van der Waals surface area contributed by atoms with Crippen molar-refractivity contribution in [3.8, 4) is 28.1 Å². The minimum Gasteiger partial charge on any atom is -0.497 e. The molecule has 1 heterocycles. The molecule has 18 heavy (non-hydrogen) atoms. The van der Waals surface area contributed by atoms with E-state index in [1.807, 2.05) is 19.1 Å². The average molecular weight is 260 g/mol. The Kier molecular flexibility index (Phi) is 3.49. The average Bonchev–Trinajstić information content (AvgIpc) is 2.79. The second-order valence-corrected chi connectivity index (χ2v) is 4.81. The number of hydrogen-bond acceptors (Lipinski definition) is 5. The Morgan fingerprint density at radius 3 is 2.61 bits per heavy atom. The largest absolute Gasteiger partial charge is 0.497 e. The molecular weight excluding hydrogens is 248 g/mol. The highest BCUT2D eigenvalue weighted by molar-refractivity contribution is 7.15. The summed E-state index contributed by atoms with van der Waals surface area (Å²) in [4.78, 5) is 5.21. The third kappa shape index (κ3) is 2.15. The van der Waals surface area contributed by atoms with Crippen LogP contribution in [-0.2, 0) is 0 Å². The van der Waals surface area contributed by atoms with Gasteiger partial charge in [-0.3, -0.25) is 0 Å². The van der Waals surface area contributed by atoms with Gasteiger partial charge in [0.15, 0.2) is 5.69 Å². The van der Waals surface area contributed by atoms with E-state index in [-0.39, 0.29) is 0 Å². The lowest BCUT2D eigenvalue weighted by atomic mass is 10.2. The van der Waals surface area contributed by atoms with Crippen molar-refractivity contribution < 1.29 is 9.47 Å². The Labute approximate surface area is 109 Å². The maximum atomic E-state index is 8.93. The second kappa shape index (κ2) is 5.07. The molecule has 0 bridgehead atoms. The highest BCUT2D eigenvalue weighted by atomic mass is 32.1. The molecule has 5 heteroatoms. The zero-order chi connectivity index (χ0) is 13.1. The second-order valence-electron chi connectivity index (χ2n) is 3.60. The number of hydrogen-bond donors (Lipinski definition) is 0. The van der Waals surface area contributed by atoms with Crippen LogP contribution in [0.3, 0.4) is 0 Å². The lowest BCUT2D eigenvalue weighted by molar-refractivity contribution is 0.395. The van der Waals surface area contributed by atoms with Crippen molar-refractivity contribution in [1.82, 2.24) is 4.98 Å². The number of rotatable bonds is 3. The van der Waals surface area contributed by atoms with Crippen molar-refractivity contribution in [1.29, 1.82) is 5.26 Å². The molecule has 92 valence electrons. The molecule has 0 aliphatic rings. The van der Waals surface area contributed by atoms with Gasteiger partial charge in [0.1, 0.15) is 22.6 Å². The maximum absolute atomic E-state index is 8.93. The molecule has 0 spiro atoms. The molecule has 2 aromatic rings. The van der Waals surface area contributed by atoms with Crippen LogP contribution < -0.4 is 9.47 Å². The Morgan fingerprint density at radius 1 is 1.28 bits per heavy atom. The van der Waals surface area contributed by atoms with E-state index in [0.29, 0.717) is 11.4 Å². The van der Waals surface area contributed by atoms with Gasteiger partial charge >= 0.3 is 0 Å². The Hall–Kier alpha value is -2.06. The summed E-state index contributed by atoms with van der Waals surface area (Å²) in [6.45, 7) is 1.88. The molecule has 1 aromatic carbocycles. The smallest absolute Gasteiger partial charge is 0.155 e. The van der Waals surface area contributed by atoms with E-state index in [1.54, 1.807) is 20.3 Å². The lowest BCUT2D eigenvalue weighted by Gasteiger charge is -2.07. The van der Waals surface area contributed by atoms with Crippen LogP contribution in [0.2, 0.25) is 0 Å². The molecule has 0 aliphatic heterocycles. The number of aromatic nitrogens is 1. The van der Waals surface area contributed by atoms with Crippen LogP contribution in [-0.4, -0.2) is 19.2 Å². The Balaban J connectivity index is 2.53. The monoisotopic (exact) mass is 260 g/mol. The minimum atomic E-state index is 0.466. The van der Waals surface area contributed by atoms with Crippen LogP contribution in [0.4, 0.5) is 0 Å². The zero-order valence-corrected chi connectivity index (χ0v) is 11.2. The molecule has 4 nitrogen and oxygen atoms in total. The first-order valence-electron chi connectivity index (χ1n) is 5.29. The summed E-state index contributed by atoms with van der Waals surface area (Å²) in [6, 6.07) is 7.62. The maximum Gasteiger partial charge on any atom is 0.155 e. The molecule has 0 N–H and O–H groups in total. The van der Waals surface area contributed by atoms with E-state index in [0.717, 1.165) is 21.2 Å². The van der Waals surface area contributed by atoms with E-state index in [2.05, 4.69) is 11.1 Å². The van der Waals surface area contributed by atoms with Crippen LogP contribution in [0.25, 0.3) is 10.6 Å². The van der Waals surface area contributed by atoms with E-state index >= 15 is 0 Å². The van der Waals surface area contributed by atoms with Crippen LogP contribution >= 0.6 is 11.3 Å². The number of nitriles is 1. The normalized spacial score (nSPS) is 9.89. The van der Waals surface area contributed by atoms with Crippen LogP contribution in [0.15, 0.2) is 18.2 Å². The summed E-state index contributed by atoms with van der Waals surface area (Å²) in [5.74, 6) is 1.41. The van der Waals surface area contributed by atoms with Gasteiger partial charge in [-0.25, -0.2) is 4.98 Å². The van der Waals surface area contributed by atoms with Crippen molar-refractivity contribution in [2.75, 3.05) is 14.2 Å². The molecule has 0 fully saturated rings. The molecule has 0 unspecified atom stereocenters. The van der Waals surface area contributed by atoms with Crippen molar-refractivity contribution in [2.24, 2.45) is 0 Å². The molecule has 0 radical (unpaired) electrons. The summed E-state index contributed by atoms with van der Waals surface area (Å²) >= 11 is 1.48. The molecular formula is C13H12N2O2S. The number of ether oxygens (including phenoxy) is 2. The van der Waals surface area contributed by atoms with Crippen LogP contribution in [0, 0.1) is 18.3 Å². The van der Waals surface area contributed by atoms with Crippen molar-refractivity contribution in [3.63, 3.8) is 0 Å². The van der Waals surface area contributed by atoms with E-state index in [9.17, 15) is 0 Å². The first-order valence-corrected chi connectivity index (χ1v) is 6.11. The third-order valence-electron chi connectivity index (χ3n) is 2.54. The summed E-state index contributed by atoms with van der Waals surface area (Å²) in [5, 5.41) is 9.71. The number of benzene rings is 1. The van der Waals surface area contributed by atoms with E-state index in [4.69, 9.17) is 14.7 Å². The summed E-state index contributed by atoms with van der Waals surface area (Å²) < 4.78 is 10.5. The highest BCUT2D eigenvalue weighted by Crippen LogP contribution is 2.36. The van der Waals surface area contributed by atoms with Gasteiger partial charge in [0, 0.05) is 10.9 Å². The fourth-order valence-corrected chi connectivity index (χ4v) is 2.48. The van der Waals surface area contributed by atoms with Gasteiger partial charge in [0.05, 0.1) is 19.8 Å². The minimum absolute atomic E-state index is 0.466. The number of thiazole rings is 1. The number of methoxy groups -OCH3 is 2. The van der Waals surface area contributed by atoms with E-state index < -0.39 is 0 Å². The molecule has 0 saturated heterocycles. The lowest BCUT2D eigenvalue weighted by Crippen LogP contribution is -1.90. The van der Waals surface area contributed by atoms with E-state index in [1.165, 1.54) is 11.3 Å². The molecule has 2 rings (SSSR count). The molecule has 0 amide bonds. The highest BCUT2D eigenvalue weighted by Gasteiger charge is 2.13. The van der Waals surface area contributed by atoms with Crippen molar-refractivity contribution >= 4 is 11.3 Å². The van der Waals surface area contributed by atoms with Crippen LogP contribution in [0.1, 0.15) is 10.6 Å². The summed E-state index contributed by atoms with van der Waals surface area (Å²) in [5.41, 5.74) is 1.33. The Bertz CT molecular complexity index is 614. The standard InChI is InChI=1S/C13H12N2O2S/c1-8-11(7-14)15-13(18-8)10-5-4-9(16-2)6-12(10)17-3/h4-6H,1-3H3. The first-order chi connectivity index (χ1) is 8.69. The predicted octanol–water partition coefficient (Wildman–Crippen LogP) is 3.01. The fraction of sp³-hybridized carbons (Fsp3) is 0.231. The van der Waals surface area contributed by atoms with Gasteiger partial charge in [0.2, 0.25) is 0 Å². The Morgan fingerprint density at radius 2 is 2.06 bits per heavy atom. The van der Waals surface area contributed by atoms with Crippen molar-refractivity contribution in [2.45, 2.75) is 6.92 Å². The fourth-order valence-electron chi connectivity index (χ4n) is 1.59. The topological polar surface area (TPSA) is 55.1 Å². The van der Waals surface area contributed by atoms with Crippen LogP contribution in [0.5, 0.6) is 11.5 Å². The molecule has 0 aliphatic carbocycles. The number of aryl methyl sites for hydroxylation is 1. The third-order valence-corrected chi connectivity index (χ3v) is 3.55. The summed E-state index contributed by atoms with van der Waals surface area (Å²) in [6.07, 6.45) is 0. The zero-order valence-electron chi connectivity index (χ0n) is 10.4. The number of nitrogens with zero attached hydrogens (tertiary/aromatic N) is 2. The van der Waals surface area contributed by atoms with Crippen molar-refractivity contribution in [3.05, 3.63) is 28.8 Å². The van der Waals surface area contributed by atoms with Gasteiger partial charge in [-0.05, 0) is 19.1 Å². The SMILES string of the molecule is COc1ccc(-c2nc(C#N)c(C)s2)c(OC)c1. The molecule has 1 aromatic heterocycles. The van der Waals surface area contributed by atoms with Gasteiger partial charge < -0.3 is 9.47 Å². The van der Waals surface area contributed by atoms with Gasteiger partial charge in [0.25, 0.3) is 0 Å². The molecule has 0 atom stereocenters. The summed E-state index contributed by atoms with van der Waals surface area (Å²) in [7, 11) is 3.21. The molecule has 0 saturated carbocycles. The van der Waals surface area contributed by atoms with Gasteiger partial charge in [-0.15, -0.1) is 11.3 Å². The van der Waals surface area contributed by atoms with Gasteiger partial charge in [-0.1, -0.05) is 0 Å². The first kappa shape index (κ1) is 12.4. The predicted molar refractivity (Wildman–Crippen MR) is 70.1 cm³/mol.